The molecule has 0 radical (unpaired) electrons. The monoisotopic (exact) mass is 275 g/mol. The molecule has 0 aromatic heterocycles. The van der Waals surface area contributed by atoms with E-state index in [1.807, 2.05) is 0 Å². The normalized spacial score (nSPS) is 26.8. The Morgan fingerprint density at radius 2 is 1.90 bits per heavy atom. The van der Waals surface area contributed by atoms with Crippen molar-refractivity contribution in [2.75, 3.05) is 6.54 Å². The number of rotatable bonds is 4. The third kappa shape index (κ3) is 3.42. The zero-order valence-electron chi connectivity index (χ0n) is 13.5. The molecule has 1 fully saturated rings. The number of hydrogen-bond donors (Lipinski definition) is 1. The molecule has 2 N–H and O–H groups in total. The van der Waals surface area contributed by atoms with E-state index in [1.165, 1.54) is 35.1 Å². The van der Waals surface area contributed by atoms with E-state index >= 15 is 0 Å². The van der Waals surface area contributed by atoms with Crippen LogP contribution in [0.25, 0.3) is 0 Å². The van der Waals surface area contributed by atoms with Gasteiger partial charge in [-0.15, -0.1) is 0 Å². The van der Waals surface area contributed by atoms with E-state index in [1.54, 1.807) is 0 Å². The van der Waals surface area contributed by atoms with E-state index in [0.717, 1.165) is 18.8 Å². The molecule has 0 saturated heterocycles. The van der Waals surface area contributed by atoms with Gasteiger partial charge in [0.05, 0.1) is 12.2 Å². The lowest BCUT2D eigenvalue weighted by Gasteiger charge is -2.39. The van der Waals surface area contributed by atoms with Crippen molar-refractivity contribution in [3.8, 4) is 0 Å². The van der Waals surface area contributed by atoms with Crippen molar-refractivity contribution in [2.24, 2.45) is 11.7 Å². The Hall–Kier alpha value is -0.860. The summed E-state index contributed by atoms with van der Waals surface area (Å²) in [6.45, 7) is 10.2. The van der Waals surface area contributed by atoms with Gasteiger partial charge in [0.2, 0.25) is 0 Å². The lowest BCUT2D eigenvalue weighted by atomic mass is 9.78. The van der Waals surface area contributed by atoms with Crippen LogP contribution in [-0.4, -0.2) is 12.1 Å². The second-order valence-electron chi connectivity index (χ2n) is 6.75. The molecule has 0 aliphatic heterocycles. The fourth-order valence-corrected chi connectivity index (χ4v) is 3.65. The number of benzene rings is 1. The van der Waals surface area contributed by atoms with Crippen LogP contribution in [-0.2, 0) is 11.3 Å². The van der Waals surface area contributed by atoms with Gasteiger partial charge in [0, 0.05) is 6.54 Å². The first kappa shape index (κ1) is 15.5. The summed E-state index contributed by atoms with van der Waals surface area (Å²) in [5, 5.41) is 0. The predicted octanol–water partition coefficient (Wildman–Crippen LogP) is 4.04. The predicted molar refractivity (Wildman–Crippen MR) is 84.9 cm³/mol. The molecule has 0 heterocycles. The Balaban J connectivity index is 2.11. The second-order valence-corrected chi connectivity index (χ2v) is 6.75. The third-order valence-electron chi connectivity index (χ3n) is 4.78. The average molecular weight is 275 g/mol. The first-order chi connectivity index (χ1) is 9.46. The topological polar surface area (TPSA) is 35.2 Å². The van der Waals surface area contributed by atoms with Gasteiger partial charge in [0.1, 0.15) is 0 Å². The summed E-state index contributed by atoms with van der Waals surface area (Å²) in [7, 11) is 0. The molecular formula is C18H29NO. The van der Waals surface area contributed by atoms with Crippen molar-refractivity contribution in [3.63, 3.8) is 0 Å². The van der Waals surface area contributed by atoms with E-state index in [4.69, 9.17) is 10.5 Å². The molecule has 2 rings (SSSR count). The average Bonchev–Trinajstić information content (AvgIpc) is 2.37. The highest BCUT2D eigenvalue weighted by molar-refractivity contribution is 5.37. The molecule has 1 aliphatic rings. The van der Waals surface area contributed by atoms with Crippen molar-refractivity contribution < 1.29 is 4.74 Å². The lowest BCUT2D eigenvalue weighted by molar-refractivity contribution is -0.0842. The van der Waals surface area contributed by atoms with Gasteiger partial charge < -0.3 is 10.5 Å². The summed E-state index contributed by atoms with van der Waals surface area (Å²) in [5.41, 5.74) is 11.3. The van der Waals surface area contributed by atoms with Crippen LogP contribution in [0.3, 0.4) is 0 Å². The quantitative estimate of drug-likeness (QED) is 0.900. The Kier molecular flexibility index (Phi) is 4.87. The largest absolute Gasteiger partial charge is 0.369 e. The van der Waals surface area contributed by atoms with Gasteiger partial charge in [-0.2, -0.15) is 0 Å². The van der Waals surface area contributed by atoms with Gasteiger partial charge in [-0.25, -0.2) is 0 Å². The third-order valence-corrected chi connectivity index (χ3v) is 4.78. The van der Waals surface area contributed by atoms with E-state index in [9.17, 15) is 0 Å². The van der Waals surface area contributed by atoms with Crippen LogP contribution in [0.2, 0.25) is 0 Å². The molecule has 20 heavy (non-hydrogen) atoms. The first-order valence-corrected chi connectivity index (χ1v) is 7.86. The maximum Gasteiger partial charge on any atom is 0.0811 e. The molecule has 0 spiro atoms. The van der Waals surface area contributed by atoms with Crippen LogP contribution in [0, 0.1) is 26.7 Å². The van der Waals surface area contributed by atoms with Gasteiger partial charge in [-0.3, -0.25) is 0 Å². The maximum absolute atomic E-state index is 6.35. The molecule has 1 aliphatic carbocycles. The highest BCUT2D eigenvalue weighted by Gasteiger charge is 2.34. The zero-order valence-corrected chi connectivity index (χ0v) is 13.5. The number of ether oxygens (including phenoxy) is 1. The van der Waals surface area contributed by atoms with Crippen molar-refractivity contribution in [1.82, 2.24) is 0 Å². The lowest BCUT2D eigenvalue weighted by Crippen LogP contribution is -2.44. The van der Waals surface area contributed by atoms with Crippen LogP contribution in [0.15, 0.2) is 12.1 Å². The first-order valence-electron chi connectivity index (χ1n) is 7.86. The van der Waals surface area contributed by atoms with Crippen LogP contribution in [0.5, 0.6) is 0 Å². The zero-order chi connectivity index (χ0) is 14.8. The Bertz CT molecular complexity index is 445. The summed E-state index contributed by atoms with van der Waals surface area (Å²) >= 11 is 0. The van der Waals surface area contributed by atoms with Gasteiger partial charge >= 0.3 is 0 Å². The van der Waals surface area contributed by atoms with Gasteiger partial charge in [-0.1, -0.05) is 37.5 Å². The van der Waals surface area contributed by atoms with Crippen LogP contribution >= 0.6 is 0 Å². The van der Waals surface area contributed by atoms with E-state index in [2.05, 4.69) is 39.8 Å². The van der Waals surface area contributed by atoms with Gasteiger partial charge in [0.15, 0.2) is 0 Å². The summed E-state index contributed by atoms with van der Waals surface area (Å²) in [4.78, 5) is 0. The molecule has 112 valence electrons. The fraction of sp³-hybridized carbons (Fsp3) is 0.667. The maximum atomic E-state index is 6.35. The van der Waals surface area contributed by atoms with Crippen molar-refractivity contribution in [3.05, 3.63) is 34.4 Å². The minimum Gasteiger partial charge on any atom is -0.369 e. The Labute approximate surface area is 123 Å². The molecule has 2 nitrogen and oxygen atoms in total. The molecule has 0 amide bonds. The Morgan fingerprint density at radius 1 is 1.25 bits per heavy atom. The molecule has 0 bridgehead atoms. The minimum atomic E-state index is -0.0958. The SMILES string of the molecule is Cc1cc(C)c(COC2(CN)CCCC(C)C2)c(C)c1. The molecule has 2 unspecified atom stereocenters. The second kappa shape index (κ2) is 6.28. The molecule has 1 saturated carbocycles. The van der Waals surface area contributed by atoms with Crippen LogP contribution < -0.4 is 5.73 Å². The smallest absolute Gasteiger partial charge is 0.0811 e. The standard InChI is InChI=1S/C18H29NO/c1-13-6-5-7-18(10-13,12-19)20-11-17-15(3)8-14(2)9-16(17)4/h8-9,13H,5-7,10-12,19H2,1-4H3. The van der Waals surface area contributed by atoms with Crippen molar-refractivity contribution in [1.29, 1.82) is 0 Å². The van der Waals surface area contributed by atoms with E-state index in [0.29, 0.717) is 13.2 Å². The van der Waals surface area contributed by atoms with Gasteiger partial charge in [0.25, 0.3) is 0 Å². The Morgan fingerprint density at radius 3 is 2.45 bits per heavy atom. The number of nitrogens with two attached hydrogens (primary N) is 1. The summed E-state index contributed by atoms with van der Waals surface area (Å²) in [6, 6.07) is 4.48. The summed E-state index contributed by atoms with van der Waals surface area (Å²) in [5.74, 6) is 0.729. The fourth-order valence-electron chi connectivity index (χ4n) is 3.65. The van der Waals surface area contributed by atoms with Crippen LogP contribution in [0.4, 0.5) is 0 Å². The summed E-state index contributed by atoms with van der Waals surface area (Å²) in [6.07, 6.45) is 4.77. The molecule has 2 atom stereocenters. The van der Waals surface area contributed by atoms with E-state index < -0.39 is 0 Å². The number of aryl methyl sites for hydroxylation is 3. The minimum absolute atomic E-state index is 0.0958. The van der Waals surface area contributed by atoms with Crippen LogP contribution in [0.1, 0.15) is 54.9 Å². The van der Waals surface area contributed by atoms with Gasteiger partial charge in [-0.05, 0) is 56.2 Å². The highest BCUT2D eigenvalue weighted by Crippen LogP contribution is 2.35. The summed E-state index contributed by atoms with van der Waals surface area (Å²) < 4.78 is 6.35. The highest BCUT2D eigenvalue weighted by atomic mass is 16.5. The van der Waals surface area contributed by atoms with Crippen molar-refractivity contribution >= 4 is 0 Å². The van der Waals surface area contributed by atoms with E-state index in [-0.39, 0.29) is 5.60 Å². The molecule has 2 heteroatoms. The van der Waals surface area contributed by atoms with Crippen molar-refractivity contribution in [2.45, 2.75) is 65.6 Å². The molecular weight excluding hydrogens is 246 g/mol. The molecule has 1 aromatic carbocycles. The number of hydrogen-bond acceptors (Lipinski definition) is 2. The molecule has 1 aromatic rings.